The van der Waals surface area contributed by atoms with Crippen molar-refractivity contribution in [3.05, 3.63) is 69.5 Å². The van der Waals surface area contributed by atoms with E-state index in [1.54, 1.807) is 25.1 Å². The third kappa shape index (κ3) is 5.99. The number of nitrogens with zero attached hydrogens (tertiary/aromatic N) is 2. The van der Waals surface area contributed by atoms with E-state index < -0.39 is 22.6 Å². The highest BCUT2D eigenvalue weighted by atomic mass is 19.1. The number of hydrazone groups is 1. The molecule has 27 heavy (non-hydrogen) atoms. The van der Waals surface area contributed by atoms with Gasteiger partial charge in [-0.3, -0.25) is 19.7 Å². The summed E-state index contributed by atoms with van der Waals surface area (Å²) in [7, 11) is 0. The van der Waals surface area contributed by atoms with Crippen molar-refractivity contribution >= 4 is 29.4 Å². The van der Waals surface area contributed by atoms with Crippen LogP contribution in [0.2, 0.25) is 0 Å². The highest BCUT2D eigenvalue weighted by molar-refractivity contribution is 5.93. The van der Waals surface area contributed by atoms with Crippen molar-refractivity contribution in [3.63, 3.8) is 0 Å². The third-order valence-corrected chi connectivity index (χ3v) is 3.56. The van der Waals surface area contributed by atoms with E-state index in [1.807, 2.05) is 0 Å². The molecule has 0 fully saturated rings. The molecule has 0 aliphatic heterocycles. The first-order valence-corrected chi connectivity index (χ1v) is 7.98. The number of hydrogen-bond donors (Lipinski definition) is 2. The lowest BCUT2D eigenvalue weighted by atomic mass is 10.1. The maximum absolute atomic E-state index is 13.4. The van der Waals surface area contributed by atoms with Gasteiger partial charge in [-0.25, -0.2) is 9.82 Å². The molecule has 140 valence electrons. The fraction of sp³-hybridized carbons (Fsp3) is 0.167. The summed E-state index contributed by atoms with van der Waals surface area (Å²) in [5, 5.41) is 17.0. The Bertz CT molecular complexity index is 899. The molecular formula is C18H17FN4O4. The van der Waals surface area contributed by atoms with Crippen molar-refractivity contribution in [2.45, 2.75) is 19.8 Å². The molecule has 2 aromatic carbocycles. The molecule has 0 atom stereocenters. The number of benzene rings is 2. The lowest BCUT2D eigenvalue weighted by molar-refractivity contribution is -0.385. The fourth-order valence-corrected chi connectivity index (χ4v) is 2.14. The summed E-state index contributed by atoms with van der Waals surface area (Å²) < 4.78 is 13.4. The van der Waals surface area contributed by atoms with E-state index in [0.29, 0.717) is 11.1 Å². The second-order valence-corrected chi connectivity index (χ2v) is 5.62. The van der Waals surface area contributed by atoms with E-state index in [9.17, 15) is 24.1 Å². The molecule has 0 unspecified atom stereocenters. The maximum atomic E-state index is 13.4. The van der Waals surface area contributed by atoms with Crippen molar-refractivity contribution in [2.75, 3.05) is 5.32 Å². The summed E-state index contributed by atoms with van der Waals surface area (Å²) in [4.78, 5) is 33.8. The molecule has 0 aliphatic rings. The standard InChI is InChI=1S/C18H17FN4O4/c1-12-6-7-13(10-16(12)23(26)27)11-20-22-18(25)9-8-17(24)21-15-5-3-2-4-14(15)19/h2-7,10-11H,8-9H2,1H3,(H,21,24)(H,22,25). The normalized spacial score (nSPS) is 10.6. The highest BCUT2D eigenvalue weighted by Gasteiger charge is 2.11. The molecule has 2 rings (SSSR count). The smallest absolute Gasteiger partial charge is 0.272 e. The zero-order valence-corrected chi connectivity index (χ0v) is 14.4. The van der Waals surface area contributed by atoms with Gasteiger partial charge in [0.15, 0.2) is 0 Å². The quantitative estimate of drug-likeness (QED) is 0.442. The van der Waals surface area contributed by atoms with Gasteiger partial charge in [0.25, 0.3) is 5.69 Å². The predicted octanol–water partition coefficient (Wildman–Crippen LogP) is 2.91. The summed E-state index contributed by atoms with van der Waals surface area (Å²) in [6, 6.07) is 10.3. The molecule has 0 saturated heterocycles. The molecule has 2 aromatic rings. The Balaban J connectivity index is 1.81. The minimum absolute atomic E-state index is 0.0434. The summed E-state index contributed by atoms with van der Waals surface area (Å²) in [6.45, 7) is 1.62. The fourth-order valence-electron chi connectivity index (χ4n) is 2.14. The molecule has 0 heterocycles. The van der Waals surface area contributed by atoms with E-state index >= 15 is 0 Å². The first-order chi connectivity index (χ1) is 12.9. The van der Waals surface area contributed by atoms with Crippen LogP contribution in [0.3, 0.4) is 0 Å². The van der Waals surface area contributed by atoms with E-state index in [1.165, 1.54) is 30.5 Å². The molecular weight excluding hydrogens is 355 g/mol. The van der Waals surface area contributed by atoms with Crippen LogP contribution in [0.4, 0.5) is 15.8 Å². The Labute approximate surface area is 154 Å². The van der Waals surface area contributed by atoms with E-state index in [4.69, 9.17) is 0 Å². The van der Waals surface area contributed by atoms with Gasteiger partial charge in [0.1, 0.15) is 5.82 Å². The Hall–Kier alpha value is -3.62. The van der Waals surface area contributed by atoms with Crippen LogP contribution in [0.15, 0.2) is 47.6 Å². The Morgan fingerprint density at radius 3 is 2.59 bits per heavy atom. The number of anilines is 1. The van der Waals surface area contributed by atoms with Crippen LogP contribution in [-0.2, 0) is 9.59 Å². The van der Waals surface area contributed by atoms with Crippen molar-refractivity contribution in [1.82, 2.24) is 5.43 Å². The number of carbonyl (C=O) groups is 2. The van der Waals surface area contributed by atoms with Gasteiger partial charge >= 0.3 is 0 Å². The average molecular weight is 372 g/mol. The number of amides is 2. The van der Waals surface area contributed by atoms with Gasteiger partial charge in [0, 0.05) is 30.0 Å². The number of nitrogens with one attached hydrogen (secondary N) is 2. The largest absolute Gasteiger partial charge is 0.324 e. The number of halogens is 1. The van der Waals surface area contributed by atoms with E-state index in [0.717, 1.165) is 0 Å². The van der Waals surface area contributed by atoms with Crippen LogP contribution < -0.4 is 10.7 Å². The lowest BCUT2D eigenvalue weighted by Crippen LogP contribution is -2.21. The van der Waals surface area contributed by atoms with Crippen LogP contribution in [0.25, 0.3) is 0 Å². The zero-order valence-electron chi connectivity index (χ0n) is 14.4. The number of nitro groups is 1. The van der Waals surface area contributed by atoms with E-state index in [2.05, 4.69) is 15.8 Å². The molecule has 9 heteroatoms. The number of para-hydroxylation sites is 1. The first kappa shape index (κ1) is 19.7. The molecule has 2 amide bonds. The number of aryl methyl sites for hydroxylation is 1. The van der Waals surface area contributed by atoms with Gasteiger partial charge in [-0.15, -0.1) is 0 Å². The summed E-state index contributed by atoms with van der Waals surface area (Å²) >= 11 is 0. The Morgan fingerprint density at radius 2 is 1.89 bits per heavy atom. The van der Waals surface area contributed by atoms with Gasteiger partial charge in [0.2, 0.25) is 11.8 Å². The van der Waals surface area contributed by atoms with Gasteiger partial charge in [-0.2, -0.15) is 5.10 Å². The Kier molecular flexibility index (Phi) is 6.70. The van der Waals surface area contributed by atoms with Crippen molar-refractivity contribution in [3.8, 4) is 0 Å². The van der Waals surface area contributed by atoms with Gasteiger partial charge in [-0.1, -0.05) is 24.3 Å². The molecule has 0 aliphatic carbocycles. The lowest BCUT2D eigenvalue weighted by Gasteiger charge is -2.05. The number of nitro benzene ring substituents is 1. The molecule has 2 N–H and O–H groups in total. The summed E-state index contributed by atoms with van der Waals surface area (Å²) in [5.74, 6) is -1.59. The highest BCUT2D eigenvalue weighted by Crippen LogP contribution is 2.18. The minimum Gasteiger partial charge on any atom is -0.324 e. The van der Waals surface area contributed by atoms with Crippen LogP contribution in [0.5, 0.6) is 0 Å². The second-order valence-electron chi connectivity index (χ2n) is 5.62. The zero-order chi connectivity index (χ0) is 19.8. The predicted molar refractivity (Wildman–Crippen MR) is 97.8 cm³/mol. The Morgan fingerprint density at radius 1 is 1.19 bits per heavy atom. The van der Waals surface area contributed by atoms with Crippen molar-refractivity contribution in [1.29, 1.82) is 0 Å². The van der Waals surface area contributed by atoms with Crippen LogP contribution in [-0.4, -0.2) is 23.0 Å². The second kappa shape index (κ2) is 9.18. The van der Waals surface area contributed by atoms with Gasteiger partial charge < -0.3 is 5.32 Å². The summed E-state index contributed by atoms with van der Waals surface area (Å²) in [6.07, 6.45) is 0.973. The van der Waals surface area contributed by atoms with Crippen molar-refractivity contribution in [2.24, 2.45) is 5.10 Å². The maximum Gasteiger partial charge on any atom is 0.272 e. The number of carbonyl (C=O) groups excluding carboxylic acids is 2. The van der Waals surface area contributed by atoms with Gasteiger partial charge in [-0.05, 0) is 19.1 Å². The van der Waals surface area contributed by atoms with Crippen molar-refractivity contribution < 1.29 is 18.9 Å². The van der Waals surface area contributed by atoms with Crippen LogP contribution in [0.1, 0.15) is 24.0 Å². The third-order valence-electron chi connectivity index (χ3n) is 3.56. The number of rotatable bonds is 7. The molecule has 0 saturated carbocycles. The molecule has 0 radical (unpaired) electrons. The molecule has 0 bridgehead atoms. The van der Waals surface area contributed by atoms with Crippen LogP contribution >= 0.6 is 0 Å². The van der Waals surface area contributed by atoms with Crippen LogP contribution in [0, 0.1) is 22.9 Å². The summed E-state index contributed by atoms with van der Waals surface area (Å²) in [5.41, 5.74) is 3.19. The SMILES string of the molecule is Cc1ccc(C=NNC(=O)CCC(=O)Nc2ccccc2F)cc1[N+](=O)[O-]. The van der Waals surface area contributed by atoms with Gasteiger partial charge in [0.05, 0.1) is 16.8 Å². The average Bonchev–Trinajstić information content (AvgIpc) is 2.63. The minimum atomic E-state index is -0.563. The topological polar surface area (TPSA) is 114 Å². The monoisotopic (exact) mass is 372 g/mol. The molecule has 0 spiro atoms. The van der Waals surface area contributed by atoms with E-state index in [-0.39, 0.29) is 24.2 Å². The first-order valence-electron chi connectivity index (χ1n) is 7.98. The molecule has 0 aromatic heterocycles. The number of hydrogen-bond acceptors (Lipinski definition) is 5. The molecule has 8 nitrogen and oxygen atoms in total.